The van der Waals surface area contributed by atoms with Gasteiger partial charge in [-0.25, -0.2) is 4.98 Å². The molecule has 1 aliphatic heterocycles. The fourth-order valence-electron chi connectivity index (χ4n) is 3.99. The first-order valence-electron chi connectivity index (χ1n) is 11.4. The topological polar surface area (TPSA) is 52.2 Å². The highest BCUT2D eigenvalue weighted by Crippen LogP contribution is 2.35. The first-order chi connectivity index (χ1) is 15.2. The number of hydrogen-bond acceptors (Lipinski definition) is 5. The molecular formula is C25H38F3N5. The Hall–Kier alpha value is -2.64. The number of nitrogens with zero attached hydrogens (tertiary/aromatic N) is 2. The molecule has 0 saturated carbocycles. The molecular weight excluding hydrogens is 427 g/mol. The summed E-state index contributed by atoms with van der Waals surface area (Å²) >= 11 is 0. The summed E-state index contributed by atoms with van der Waals surface area (Å²) in [4.78, 5) is 6.09. The molecule has 0 amide bonds. The zero-order valence-corrected chi connectivity index (χ0v) is 20.4. The van der Waals surface area contributed by atoms with Crippen LogP contribution in [0.15, 0.2) is 55.3 Å². The fourth-order valence-corrected chi connectivity index (χ4v) is 3.99. The highest BCUT2D eigenvalue weighted by Gasteiger charge is 2.46. The molecule has 5 nitrogen and oxygen atoms in total. The number of hydrogen-bond donors (Lipinski definition) is 3. The van der Waals surface area contributed by atoms with Gasteiger partial charge in [-0.05, 0) is 42.9 Å². The molecule has 1 aliphatic rings. The molecule has 2 rings (SSSR count). The van der Waals surface area contributed by atoms with Crippen molar-refractivity contribution in [2.45, 2.75) is 78.2 Å². The van der Waals surface area contributed by atoms with E-state index in [9.17, 15) is 13.2 Å². The third-order valence-corrected chi connectivity index (χ3v) is 5.54. The number of aromatic nitrogens is 1. The van der Waals surface area contributed by atoms with Crippen molar-refractivity contribution >= 4 is 5.82 Å². The van der Waals surface area contributed by atoms with Gasteiger partial charge in [-0.3, -0.25) is 0 Å². The van der Waals surface area contributed by atoms with Crippen molar-refractivity contribution in [1.82, 2.24) is 20.5 Å². The van der Waals surface area contributed by atoms with Gasteiger partial charge in [0.1, 0.15) is 11.9 Å². The second kappa shape index (κ2) is 10.5. The summed E-state index contributed by atoms with van der Waals surface area (Å²) < 4.78 is 39.8. The molecule has 1 aromatic rings. The third-order valence-electron chi connectivity index (χ3n) is 5.54. The number of halogens is 3. The Morgan fingerprint density at radius 3 is 2.52 bits per heavy atom. The molecule has 184 valence electrons. The van der Waals surface area contributed by atoms with Gasteiger partial charge in [0.2, 0.25) is 0 Å². The van der Waals surface area contributed by atoms with Crippen LogP contribution in [0.3, 0.4) is 0 Å². The molecule has 0 aliphatic carbocycles. The van der Waals surface area contributed by atoms with E-state index in [0.717, 1.165) is 29.8 Å². The predicted octanol–water partition coefficient (Wildman–Crippen LogP) is 6.08. The lowest BCUT2D eigenvalue weighted by molar-refractivity contribution is -0.150. The van der Waals surface area contributed by atoms with E-state index in [0.29, 0.717) is 18.1 Å². The van der Waals surface area contributed by atoms with Gasteiger partial charge in [0.25, 0.3) is 0 Å². The number of anilines is 1. The van der Waals surface area contributed by atoms with Crippen LogP contribution in [0.1, 0.15) is 65.5 Å². The minimum Gasteiger partial charge on any atom is -0.381 e. The van der Waals surface area contributed by atoms with Gasteiger partial charge < -0.3 is 20.9 Å². The first-order valence-corrected chi connectivity index (χ1v) is 11.4. The van der Waals surface area contributed by atoms with E-state index in [-0.39, 0.29) is 24.0 Å². The van der Waals surface area contributed by atoms with Crippen LogP contribution in [0.2, 0.25) is 0 Å². The molecule has 1 aromatic heterocycles. The molecule has 33 heavy (non-hydrogen) atoms. The van der Waals surface area contributed by atoms with E-state index in [1.54, 1.807) is 11.1 Å². The van der Waals surface area contributed by atoms with E-state index in [2.05, 4.69) is 61.4 Å². The zero-order chi connectivity index (χ0) is 25.0. The lowest BCUT2D eigenvalue weighted by Crippen LogP contribution is -2.39. The summed E-state index contributed by atoms with van der Waals surface area (Å²) in [6.07, 6.45) is -0.307. The third kappa shape index (κ3) is 7.72. The van der Waals surface area contributed by atoms with Crippen molar-refractivity contribution in [3.63, 3.8) is 0 Å². The Kier molecular flexibility index (Phi) is 8.49. The summed E-state index contributed by atoms with van der Waals surface area (Å²) in [5, 5.41) is 9.09. The molecule has 0 spiro atoms. The highest BCUT2D eigenvalue weighted by molar-refractivity contribution is 5.45. The molecule has 1 fully saturated rings. The normalized spacial score (nSPS) is 18.5. The van der Waals surface area contributed by atoms with Crippen LogP contribution >= 0.6 is 0 Å². The Bertz CT molecular complexity index is 856. The minimum atomic E-state index is -4.32. The zero-order valence-electron chi connectivity index (χ0n) is 20.4. The van der Waals surface area contributed by atoms with E-state index >= 15 is 0 Å². The average Bonchev–Trinajstić information content (AvgIpc) is 3.06. The summed E-state index contributed by atoms with van der Waals surface area (Å²) in [7, 11) is 0. The van der Waals surface area contributed by atoms with Crippen LogP contribution < -0.4 is 16.0 Å². The van der Waals surface area contributed by atoms with Gasteiger partial charge >= 0.3 is 6.18 Å². The molecule has 1 saturated heterocycles. The molecule has 0 aromatic carbocycles. The quantitative estimate of drug-likeness (QED) is 0.391. The van der Waals surface area contributed by atoms with Crippen LogP contribution in [-0.2, 0) is 0 Å². The predicted molar refractivity (Wildman–Crippen MR) is 129 cm³/mol. The van der Waals surface area contributed by atoms with E-state index in [1.165, 1.54) is 0 Å². The summed E-state index contributed by atoms with van der Waals surface area (Å²) in [5.41, 5.74) is 2.67. The summed E-state index contributed by atoms with van der Waals surface area (Å²) in [5.74, 6) is 0.889. The Labute approximate surface area is 196 Å². The lowest BCUT2D eigenvalue weighted by Gasteiger charge is -2.30. The Balaban J connectivity index is 2.12. The van der Waals surface area contributed by atoms with Crippen LogP contribution in [0.5, 0.6) is 0 Å². The van der Waals surface area contributed by atoms with Gasteiger partial charge in [-0.15, -0.1) is 0 Å². The second-order valence-electron chi connectivity index (χ2n) is 9.97. The second-order valence-corrected chi connectivity index (χ2v) is 9.97. The minimum absolute atomic E-state index is 0.0770. The largest absolute Gasteiger partial charge is 0.410 e. The molecule has 8 heteroatoms. The number of allylic oxidation sites excluding steroid dienone is 1. The monoisotopic (exact) mass is 465 g/mol. The molecule has 0 bridgehead atoms. The lowest BCUT2D eigenvalue weighted by atomic mass is 9.90. The maximum atomic E-state index is 13.3. The number of rotatable bonds is 10. The fraction of sp³-hybridized carbons (Fsp3) is 0.560. The SMILES string of the molecule is C=C(CC(C)(C)C)NC(C)C(=C)Nc1cc(C(CCC)N2CC(C(F)(F)F)NC2=C)ccn1. The van der Waals surface area contributed by atoms with Crippen LogP contribution in [-0.4, -0.2) is 34.7 Å². The van der Waals surface area contributed by atoms with Gasteiger partial charge in [0.05, 0.1) is 17.9 Å². The van der Waals surface area contributed by atoms with Crippen molar-refractivity contribution in [2.24, 2.45) is 5.41 Å². The van der Waals surface area contributed by atoms with Crippen molar-refractivity contribution in [1.29, 1.82) is 0 Å². The van der Waals surface area contributed by atoms with Crippen LogP contribution in [0.25, 0.3) is 0 Å². The Morgan fingerprint density at radius 2 is 1.97 bits per heavy atom. The Morgan fingerprint density at radius 1 is 1.30 bits per heavy atom. The van der Waals surface area contributed by atoms with Crippen LogP contribution in [0.4, 0.5) is 19.0 Å². The summed E-state index contributed by atoms with van der Waals surface area (Å²) in [6, 6.07) is 1.79. The molecule has 2 heterocycles. The molecule has 3 unspecified atom stereocenters. The highest BCUT2D eigenvalue weighted by atomic mass is 19.4. The number of nitrogens with one attached hydrogen (secondary N) is 3. The van der Waals surface area contributed by atoms with Gasteiger partial charge in [0.15, 0.2) is 0 Å². The maximum absolute atomic E-state index is 13.3. The molecule has 3 atom stereocenters. The first kappa shape index (κ1) is 26.6. The van der Waals surface area contributed by atoms with Gasteiger partial charge in [-0.2, -0.15) is 13.2 Å². The average molecular weight is 466 g/mol. The van der Waals surface area contributed by atoms with E-state index in [4.69, 9.17) is 0 Å². The van der Waals surface area contributed by atoms with E-state index in [1.807, 2.05) is 26.0 Å². The van der Waals surface area contributed by atoms with Crippen molar-refractivity contribution < 1.29 is 13.2 Å². The smallest absolute Gasteiger partial charge is 0.381 e. The van der Waals surface area contributed by atoms with Gasteiger partial charge in [0, 0.05) is 24.1 Å². The van der Waals surface area contributed by atoms with Crippen molar-refractivity contribution in [3.05, 3.63) is 60.8 Å². The summed E-state index contributed by atoms with van der Waals surface area (Å²) in [6.45, 7) is 22.4. The molecule has 3 N–H and O–H groups in total. The number of alkyl halides is 3. The van der Waals surface area contributed by atoms with Crippen LogP contribution in [0, 0.1) is 5.41 Å². The molecule has 0 radical (unpaired) electrons. The standard InChI is InChI=1S/C25H38F3N5/c1-9-10-21(33-15-22(25(26,27)28)32-19(33)5)20-11-12-29-23(13-20)31-18(4)17(3)30-16(2)14-24(6,7)8/h11-13,17,21-22,30,32H,2,4-5,9-10,14-15H2,1,3,6-8H3,(H,29,31). The number of pyridine rings is 1. The maximum Gasteiger partial charge on any atom is 0.410 e. The van der Waals surface area contributed by atoms with Crippen molar-refractivity contribution in [2.75, 3.05) is 11.9 Å². The van der Waals surface area contributed by atoms with Crippen molar-refractivity contribution in [3.8, 4) is 0 Å². The van der Waals surface area contributed by atoms with E-state index < -0.39 is 12.2 Å². The van der Waals surface area contributed by atoms with Gasteiger partial charge in [-0.1, -0.05) is 53.9 Å².